The summed E-state index contributed by atoms with van der Waals surface area (Å²) in [5, 5.41) is 13.1. The highest BCUT2D eigenvalue weighted by Gasteiger charge is 2.27. The van der Waals surface area contributed by atoms with Gasteiger partial charge in [-0.15, -0.1) is 0 Å². The zero-order chi connectivity index (χ0) is 12.5. The summed E-state index contributed by atoms with van der Waals surface area (Å²) in [6, 6.07) is 7.58. The second-order valence-electron chi connectivity index (χ2n) is 4.95. The van der Waals surface area contributed by atoms with Gasteiger partial charge in [0, 0.05) is 29.2 Å². The third kappa shape index (κ3) is 1.99. The number of H-pyrrole nitrogens is 1. The molecule has 0 bridgehead atoms. The highest BCUT2D eigenvalue weighted by Crippen LogP contribution is 2.26. The second-order valence-corrected chi connectivity index (χ2v) is 4.95. The molecule has 1 aromatic heterocycles. The fourth-order valence-corrected chi connectivity index (χ4v) is 2.48. The van der Waals surface area contributed by atoms with Gasteiger partial charge >= 0.3 is 0 Å². The van der Waals surface area contributed by atoms with Crippen molar-refractivity contribution in [2.24, 2.45) is 5.92 Å². The van der Waals surface area contributed by atoms with Crippen molar-refractivity contribution in [2.75, 3.05) is 6.54 Å². The lowest BCUT2D eigenvalue weighted by Gasteiger charge is -2.31. The second kappa shape index (κ2) is 4.46. The number of hydrogen-bond donors (Lipinski definition) is 3. The zero-order valence-electron chi connectivity index (χ0n) is 10.0. The Morgan fingerprint density at radius 2 is 2.22 bits per heavy atom. The number of carbonyl (C=O) groups excluding carboxylic acids is 1. The van der Waals surface area contributed by atoms with Crippen molar-refractivity contribution < 1.29 is 9.90 Å². The number of hydrogen-bond acceptors (Lipinski definition) is 2. The van der Waals surface area contributed by atoms with Crippen LogP contribution >= 0.6 is 0 Å². The van der Waals surface area contributed by atoms with E-state index in [0.717, 1.165) is 23.7 Å². The Morgan fingerprint density at radius 3 is 3.00 bits per heavy atom. The molecule has 1 heterocycles. The first-order chi connectivity index (χ1) is 8.74. The fraction of sp³-hybridized carbons (Fsp3) is 0.357. The summed E-state index contributed by atoms with van der Waals surface area (Å²) >= 11 is 0. The summed E-state index contributed by atoms with van der Waals surface area (Å²) in [5.41, 5.74) is 1.68. The van der Waals surface area contributed by atoms with Gasteiger partial charge in [0.15, 0.2) is 0 Å². The molecule has 0 saturated heterocycles. The molecule has 2 aromatic rings. The first-order valence-corrected chi connectivity index (χ1v) is 6.26. The van der Waals surface area contributed by atoms with Crippen LogP contribution in [0.15, 0.2) is 30.5 Å². The average molecular weight is 244 g/mol. The fourth-order valence-electron chi connectivity index (χ4n) is 2.48. The molecule has 1 saturated carbocycles. The van der Waals surface area contributed by atoms with Crippen molar-refractivity contribution in [3.8, 4) is 0 Å². The summed E-state index contributed by atoms with van der Waals surface area (Å²) in [6.45, 7) is 0.650. The van der Waals surface area contributed by atoms with Crippen LogP contribution < -0.4 is 5.32 Å². The van der Waals surface area contributed by atoms with Crippen molar-refractivity contribution in [3.63, 3.8) is 0 Å². The van der Waals surface area contributed by atoms with Crippen LogP contribution in [0.2, 0.25) is 0 Å². The standard InChI is InChI=1S/C14H16N2O2/c17-10-6-9(7-10)8-16-14(18)12-2-1-3-13-11(12)4-5-15-13/h1-5,9-10,15,17H,6-8H2,(H,16,18). The molecule has 4 heteroatoms. The lowest BCUT2D eigenvalue weighted by Crippen LogP contribution is -2.38. The van der Waals surface area contributed by atoms with Crippen molar-refractivity contribution in [2.45, 2.75) is 18.9 Å². The Bertz CT molecular complexity index is 570. The van der Waals surface area contributed by atoms with Gasteiger partial charge in [0.1, 0.15) is 0 Å². The van der Waals surface area contributed by atoms with Gasteiger partial charge in [-0.1, -0.05) is 6.07 Å². The van der Waals surface area contributed by atoms with Gasteiger partial charge < -0.3 is 15.4 Å². The Balaban J connectivity index is 1.70. The number of amides is 1. The van der Waals surface area contributed by atoms with E-state index in [9.17, 15) is 9.90 Å². The van der Waals surface area contributed by atoms with Crippen LogP contribution in [0.4, 0.5) is 0 Å². The van der Waals surface area contributed by atoms with E-state index in [4.69, 9.17) is 0 Å². The van der Waals surface area contributed by atoms with Gasteiger partial charge in [0.2, 0.25) is 0 Å². The third-order valence-electron chi connectivity index (χ3n) is 3.60. The molecule has 0 spiro atoms. The van der Waals surface area contributed by atoms with Crippen LogP contribution in [-0.2, 0) is 0 Å². The van der Waals surface area contributed by atoms with Gasteiger partial charge in [0.25, 0.3) is 5.91 Å². The molecule has 94 valence electrons. The van der Waals surface area contributed by atoms with Crippen LogP contribution in [0, 0.1) is 5.92 Å². The van der Waals surface area contributed by atoms with Crippen molar-refractivity contribution in [1.82, 2.24) is 10.3 Å². The molecule has 1 aliphatic carbocycles. The monoisotopic (exact) mass is 244 g/mol. The highest BCUT2D eigenvalue weighted by molar-refractivity contribution is 6.06. The zero-order valence-corrected chi connectivity index (χ0v) is 10.0. The number of aromatic nitrogens is 1. The SMILES string of the molecule is O=C(NCC1CC(O)C1)c1cccc2[nH]ccc12. The van der Waals surface area contributed by atoms with E-state index in [1.165, 1.54) is 0 Å². The first-order valence-electron chi connectivity index (χ1n) is 6.26. The summed E-state index contributed by atoms with van der Waals surface area (Å²) in [6.07, 6.45) is 3.27. The minimum atomic E-state index is -0.167. The minimum absolute atomic E-state index is 0.0402. The molecule has 1 fully saturated rings. The summed E-state index contributed by atoms with van der Waals surface area (Å²) in [7, 11) is 0. The Kier molecular flexibility index (Phi) is 2.80. The number of rotatable bonds is 3. The molecule has 0 unspecified atom stereocenters. The number of aliphatic hydroxyl groups excluding tert-OH is 1. The van der Waals surface area contributed by atoms with Crippen LogP contribution in [0.25, 0.3) is 10.9 Å². The molecule has 1 aliphatic rings. The maximum atomic E-state index is 12.1. The molecule has 3 rings (SSSR count). The van der Waals surface area contributed by atoms with Crippen molar-refractivity contribution in [3.05, 3.63) is 36.0 Å². The van der Waals surface area contributed by atoms with Crippen LogP contribution in [-0.4, -0.2) is 28.6 Å². The molecule has 0 radical (unpaired) electrons. The van der Waals surface area contributed by atoms with Gasteiger partial charge in [-0.25, -0.2) is 0 Å². The molecule has 1 aromatic carbocycles. The lowest BCUT2D eigenvalue weighted by molar-refractivity contribution is 0.0420. The number of aliphatic hydroxyl groups is 1. The Morgan fingerprint density at radius 1 is 1.39 bits per heavy atom. The quantitative estimate of drug-likeness (QED) is 0.769. The number of carbonyl (C=O) groups is 1. The van der Waals surface area contributed by atoms with E-state index >= 15 is 0 Å². The molecule has 1 amide bonds. The van der Waals surface area contributed by atoms with Gasteiger partial charge in [0.05, 0.1) is 6.10 Å². The van der Waals surface area contributed by atoms with E-state index in [0.29, 0.717) is 18.0 Å². The predicted molar refractivity (Wildman–Crippen MR) is 69.4 cm³/mol. The molecular formula is C14H16N2O2. The van der Waals surface area contributed by atoms with Crippen LogP contribution in [0.3, 0.4) is 0 Å². The topological polar surface area (TPSA) is 65.1 Å². The largest absolute Gasteiger partial charge is 0.393 e. The number of benzene rings is 1. The Hall–Kier alpha value is -1.81. The van der Waals surface area contributed by atoms with Crippen LogP contribution in [0.1, 0.15) is 23.2 Å². The molecule has 0 atom stereocenters. The highest BCUT2D eigenvalue weighted by atomic mass is 16.3. The van der Waals surface area contributed by atoms with Crippen molar-refractivity contribution >= 4 is 16.8 Å². The Labute approximate surface area is 105 Å². The van der Waals surface area contributed by atoms with E-state index < -0.39 is 0 Å². The summed E-state index contributed by atoms with van der Waals surface area (Å²) in [4.78, 5) is 15.2. The third-order valence-corrected chi connectivity index (χ3v) is 3.60. The normalized spacial score (nSPS) is 22.7. The van der Waals surface area contributed by atoms with Gasteiger partial charge in [-0.05, 0) is 37.0 Å². The maximum absolute atomic E-state index is 12.1. The van der Waals surface area contributed by atoms with Gasteiger partial charge in [-0.3, -0.25) is 4.79 Å². The lowest BCUT2D eigenvalue weighted by atomic mass is 9.82. The molecule has 18 heavy (non-hydrogen) atoms. The summed E-state index contributed by atoms with van der Waals surface area (Å²) in [5.74, 6) is 0.385. The van der Waals surface area contributed by atoms with E-state index in [2.05, 4.69) is 10.3 Å². The van der Waals surface area contributed by atoms with Crippen LogP contribution in [0.5, 0.6) is 0 Å². The predicted octanol–water partition coefficient (Wildman–Crippen LogP) is 1.67. The molecule has 0 aliphatic heterocycles. The molecule has 4 nitrogen and oxygen atoms in total. The molecular weight excluding hydrogens is 228 g/mol. The van der Waals surface area contributed by atoms with Gasteiger partial charge in [-0.2, -0.15) is 0 Å². The maximum Gasteiger partial charge on any atom is 0.251 e. The number of nitrogens with one attached hydrogen (secondary N) is 2. The average Bonchev–Trinajstić information content (AvgIpc) is 2.80. The number of fused-ring (bicyclic) bond motifs is 1. The van der Waals surface area contributed by atoms with Crippen molar-refractivity contribution in [1.29, 1.82) is 0 Å². The van der Waals surface area contributed by atoms with E-state index in [1.807, 2.05) is 30.5 Å². The minimum Gasteiger partial charge on any atom is -0.393 e. The van der Waals surface area contributed by atoms with E-state index in [-0.39, 0.29) is 12.0 Å². The first kappa shape index (κ1) is 11.3. The van der Waals surface area contributed by atoms with E-state index in [1.54, 1.807) is 0 Å². The smallest absolute Gasteiger partial charge is 0.251 e. The number of aromatic amines is 1. The summed E-state index contributed by atoms with van der Waals surface area (Å²) < 4.78 is 0. The molecule has 3 N–H and O–H groups in total.